The van der Waals surface area contributed by atoms with Crippen molar-refractivity contribution in [2.45, 2.75) is 82.8 Å². The summed E-state index contributed by atoms with van der Waals surface area (Å²) < 4.78 is 11.3. The summed E-state index contributed by atoms with van der Waals surface area (Å²) in [6.45, 7) is 1.89. The Morgan fingerprint density at radius 1 is 0.842 bits per heavy atom. The number of hydrogen-bond acceptors (Lipinski definition) is 8. The van der Waals surface area contributed by atoms with Gasteiger partial charge >= 0.3 is 5.97 Å². The molecule has 16 nitrogen and oxygen atoms in total. The van der Waals surface area contributed by atoms with E-state index in [0.29, 0.717) is 11.5 Å². The van der Waals surface area contributed by atoms with Gasteiger partial charge in [-0.3, -0.25) is 24.2 Å². The highest BCUT2D eigenvalue weighted by Gasteiger charge is 2.44. The SMILES string of the molecule is CC(=O)N1Cc2ccccc2C[C@H]1C(=O)N1Cc2cc3c(cc2CC1C(=O)N[C@@H](CCCN=C(N)N)C(=O)N1Cc2[nH]c4ccccc4c2CC1C(=O)O)OCO3. The second kappa shape index (κ2) is 15.2. The van der Waals surface area contributed by atoms with Crippen molar-refractivity contribution in [3.8, 4) is 11.5 Å². The molecule has 4 aliphatic heterocycles. The number of nitrogens with zero attached hydrogens (tertiary/aromatic N) is 4. The summed E-state index contributed by atoms with van der Waals surface area (Å²) in [6.07, 6.45) is 0.788. The van der Waals surface area contributed by atoms with Crippen molar-refractivity contribution in [2.24, 2.45) is 16.5 Å². The average molecular weight is 777 g/mol. The van der Waals surface area contributed by atoms with E-state index in [1.54, 1.807) is 6.07 Å². The molecule has 4 atom stereocenters. The Labute approximate surface area is 327 Å². The molecule has 0 saturated heterocycles. The third kappa shape index (κ3) is 7.18. The molecule has 0 radical (unpaired) electrons. The first kappa shape index (κ1) is 37.3. The number of carbonyl (C=O) groups is 5. The Balaban J connectivity index is 1.12. The molecule has 3 aromatic carbocycles. The summed E-state index contributed by atoms with van der Waals surface area (Å²) in [5, 5.41) is 14.2. The number of aliphatic carboxylic acids is 1. The number of aliphatic imine (C=N–C) groups is 1. The molecule has 0 fully saturated rings. The standard InChI is InChI=1S/C41H44N8O8/c1-22(50)47-18-24-8-3-2-7-23(24)13-33(47)39(53)48-19-26-16-36-35(56-21-57-36)15-25(26)14-32(48)37(51)46-30(11-6-12-44-41(42)43)38(52)49-20-31-28(17-34(49)40(54)55)27-9-4-5-10-29(27)45-31/h2-5,7-10,15-16,30,32-34,45H,6,11-14,17-21H2,1H3,(H,46,51)(H,54,55)(H4,42,43,44)/t30-,32?,33-,34?/m0/s1. The van der Waals surface area contributed by atoms with Crippen LogP contribution in [0.2, 0.25) is 0 Å². The minimum atomic E-state index is -1.20. The van der Waals surface area contributed by atoms with Crippen LogP contribution in [0.5, 0.6) is 11.5 Å². The number of rotatable bonds is 9. The monoisotopic (exact) mass is 776 g/mol. The lowest BCUT2D eigenvalue weighted by molar-refractivity contribution is -0.154. The van der Waals surface area contributed by atoms with Gasteiger partial charge in [-0.1, -0.05) is 42.5 Å². The fourth-order valence-electron chi connectivity index (χ4n) is 8.60. The number of hydrogen-bond donors (Lipinski definition) is 5. The zero-order chi connectivity index (χ0) is 40.0. The van der Waals surface area contributed by atoms with E-state index in [-0.39, 0.29) is 76.9 Å². The molecule has 7 N–H and O–H groups in total. The minimum absolute atomic E-state index is 0.0152. The Kier molecular flexibility index (Phi) is 9.93. The number of carboxylic acid groups (broad SMARTS) is 1. The number of H-pyrrole nitrogens is 1. The third-order valence-electron chi connectivity index (χ3n) is 11.5. The molecule has 57 heavy (non-hydrogen) atoms. The second-order valence-corrected chi connectivity index (χ2v) is 15.0. The Bertz CT molecular complexity index is 2320. The number of guanidine groups is 1. The lowest BCUT2D eigenvalue weighted by atomic mass is 9.89. The molecule has 4 aliphatic rings. The molecule has 5 heterocycles. The van der Waals surface area contributed by atoms with Gasteiger partial charge in [-0.15, -0.1) is 0 Å². The first-order valence-electron chi connectivity index (χ1n) is 19.0. The van der Waals surface area contributed by atoms with E-state index in [0.717, 1.165) is 44.4 Å². The van der Waals surface area contributed by atoms with Gasteiger partial charge < -0.3 is 51.0 Å². The predicted octanol–water partition coefficient (Wildman–Crippen LogP) is 1.70. The Hall–Kier alpha value is -6.58. The highest BCUT2D eigenvalue weighted by Crippen LogP contribution is 2.39. The van der Waals surface area contributed by atoms with E-state index >= 15 is 0 Å². The number of carbonyl (C=O) groups excluding carboxylic acids is 4. The maximum absolute atomic E-state index is 14.8. The van der Waals surface area contributed by atoms with Crippen LogP contribution in [0.15, 0.2) is 65.7 Å². The largest absolute Gasteiger partial charge is 0.480 e. The predicted molar refractivity (Wildman–Crippen MR) is 207 cm³/mol. The van der Waals surface area contributed by atoms with Gasteiger partial charge in [0.05, 0.1) is 6.54 Å². The van der Waals surface area contributed by atoms with Gasteiger partial charge in [0, 0.05) is 62.4 Å². The van der Waals surface area contributed by atoms with Gasteiger partial charge in [-0.05, 0) is 58.9 Å². The number of nitrogens with one attached hydrogen (secondary N) is 2. The average Bonchev–Trinajstić information content (AvgIpc) is 3.82. The first-order valence-corrected chi connectivity index (χ1v) is 19.0. The van der Waals surface area contributed by atoms with E-state index in [1.807, 2.05) is 54.6 Å². The lowest BCUT2D eigenvalue weighted by Crippen LogP contribution is -2.62. The van der Waals surface area contributed by atoms with Gasteiger partial charge in [0.1, 0.15) is 24.2 Å². The van der Waals surface area contributed by atoms with Gasteiger partial charge in [-0.25, -0.2) is 4.79 Å². The normalized spacial score (nSPS) is 19.9. The zero-order valence-corrected chi connectivity index (χ0v) is 31.4. The maximum Gasteiger partial charge on any atom is 0.326 e. The summed E-state index contributed by atoms with van der Waals surface area (Å²) >= 11 is 0. The minimum Gasteiger partial charge on any atom is -0.480 e. The highest BCUT2D eigenvalue weighted by atomic mass is 16.7. The smallest absolute Gasteiger partial charge is 0.326 e. The van der Waals surface area contributed by atoms with Crippen LogP contribution in [0.3, 0.4) is 0 Å². The summed E-state index contributed by atoms with van der Waals surface area (Å²) in [5.41, 5.74) is 16.9. The van der Waals surface area contributed by atoms with E-state index < -0.39 is 47.9 Å². The van der Waals surface area contributed by atoms with Crippen molar-refractivity contribution in [1.29, 1.82) is 0 Å². The molecule has 0 bridgehead atoms. The summed E-state index contributed by atoms with van der Waals surface area (Å²) in [7, 11) is 0. The number of ether oxygens (including phenoxy) is 2. The number of fused-ring (bicyclic) bond motifs is 6. The Morgan fingerprint density at radius 3 is 2.26 bits per heavy atom. The topological polar surface area (TPSA) is 226 Å². The number of aromatic amines is 1. The molecule has 1 aromatic heterocycles. The zero-order valence-electron chi connectivity index (χ0n) is 31.4. The molecule has 2 unspecified atom stereocenters. The number of nitrogens with two attached hydrogens (primary N) is 2. The van der Waals surface area contributed by atoms with Crippen LogP contribution in [0, 0.1) is 0 Å². The maximum atomic E-state index is 14.8. The molecule has 0 spiro atoms. The van der Waals surface area contributed by atoms with Gasteiger partial charge in [-0.2, -0.15) is 0 Å². The van der Waals surface area contributed by atoms with Gasteiger partial charge in [0.15, 0.2) is 17.5 Å². The van der Waals surface area contributed by atoms with Crippen molar-refractivity contribution in [3.63, 3.8) is 0 Å². The van der Waals surface area contributed by atoms with E-state index in [9.17, 15) is 29.1 Å². The van der Waals surface area contributed by atoms with E-state index in [1.165, 1.54) is 21.6 Å². The molecule has 0 saturated carbocycles. The van der Waals surface area contributed by atoms with Crippen LogP contribution in [-0.4, -0.2) is 97.9 Å². The summed E-state index contributed by atoms with van der Waals surface area (Å²) in [4.78, 5) is 81.6. The van der Waals surface area contributed by atoms with Gasteiger partial charge in [0.25, 0.3) is 0 Å². The number of para-hydroxylation sites is 1. The van der Waals surface area contributed by atoms with Crippen LogP contribution in [0.4, 0.5) is 0 Å². The number of aromatic nitrogens is 1. The van der Waals surface area contributed by atoms with E-state index in [2.05, 4.69) is 15.3 Å². The number of carboxylic acids is 1. The second-order valence-electron chi connectivity index (χ2n) is 15.0. The molecule has 8 rings (SSSR count). The van der Waals surface area contributed by atoms with Crippen LogP contribution in [0.25, 0.3) is 10.9 Å². The number of benzene rings is 3. The molecule has 16 heteroatoms. The van der Waals surface area contributed by atoms with Crippen molar-refractivity contribution in [2.75, 3.05) is 13.3 Å². The quantitative estimate of drug-likeness (QED) is 0.0940. The van der Waals surface area contributed by atoms with E-state index in [4.69, 9.17) is 20.9 Å². The molecular weight excluding hydrogens is 732 g/mol. The first-order chi connectivity index (χ1) is 27.5. The van der Waals surface area contributed by atoms with Crippen LogP contribution < -0.4 is 26.3 Å². The van der Waals surface area contributed by atoms with Crippen LogP contribution >= 0.6 is 0 Å². The molecular formula is C41H44N8O8. The van der Waals surface area contributed by atoms with Crippen LogP contribution in [-0.2, 0) is 62.9 Å². The third-order valence-corrected chi connectivity index (χ3v) is 11.5. The van der Waals surface area contributed by atoms with Crippen molar-refractivity contribution < 1.29 is 38.6 Å². The molecule has 4 amide bonds. The molecule has 0 aliphatic carbocycles. The van der Waals surface area contributed by atoms with Crippen molar-refractivity contribution in [1.82, 2.24) is 25.0 Å². The summed E-state index contributed by atoms with van der Waals surface area (Å²) in [5.74, 6) is -2.13. The molecule has 296 valence electrons. The fourth-order valence-corrected chi connectivity index (χ4v) is 8.60. The van der Waals surface area contributed by atoms with Crippen LogP contribution in [0.1, 0.15) is 53.3 Å². The highest BCUT2D eigenvalue weighted by molar-refractivity contribution is 5.96. The van der Waals surface area contributed by atoms with Crippen molar-refractivity contribution in [3.05, 3.63) is 94.2 Å². The summed E-state index contributed by atoms with van der Waals surface area (Å²) in [6, 6.07) is 14.5. The lowest BCUT2D eigenvalue weighted by Gasteiger charge is -2.42. The molecule has 4 aromatic rings. The van der Waals surface area contributed by atoms with Crippen molar-refractivity contribution >= 4 is 46.5 Å². The Morgan fingerprint density at radius 2 is 1.53 bits per heavy atom. The van der Waals surface area contributed by atoms with Gasteiger partial charge in [0.2, 0.25) is 30.4 Å². The number of amides is 4. The fraction of sp³-hybridized carbons (Fsp3) is 0.366.